The molecule has 0 fully saturated rings. The molecule has 0 heterocycles. The van der Waals surface area contributed by atoms with Gasteiger partial charge in [-0.05, 0) is 57.1 Å². The van der Waals surface area contributed by atoms with Gasteiger partial charge in [-0.25, -0.2) is 0 Å². The van der Waals surface area contributed by atoms with Crippen molar-refractivity contribution in [3.8, 4) is 11.5 Å². The minimum absolute atomic E-state index is 0.0363. The minimum Gasteiger partial charge on any atom is -0.505 e. The van der Waals surface area contributed by atoms with E-state index in [1.54, 1.807) is 6.07 Å². The summed E-state index contributed by atoms with van der Waals surface area (Å²) < 4.78 is 6.09. The number of benzene rings is 3. The summed E-state index contributed by atoms with van der Waals surface area (Å²) in [5.74, 6) is -0.277. The van der Waals surface area contributed by atoms with Crippen LogP contribution in [0.2, 0.25) is 10.0 Å². The van der Waals surface area contributed by atoms with E-state index in [9.17, 15) is 9.90 Å². The van der Waals surface area contributed by atoms with Crippen molar-refractivity contribution in [3.05, 3.63) is 62.5 Å². The van der Waals surface area contributed by atoms with Crippen molar-refractivity contribution in [1.82, 2.24) is 5.32 Å². The summed E-state index contributed by atoms with van der Waals surface area (Å²) in [5.41, 5.74) is 0.740. The van der Waals surface area contributed by atoms with Crippen LogP contribution in [-0.2, 0) is 0 Å². The highest BCUT2D eigenvalue weighted by molar-refractivity contribution is 9.10. The van der Waals surface area contributed by atoms with E-state index in [2.05, 4.69) is 26.6 Å². The average molecular weight is 500 g/mol. The van der Waals surface area contributed by atoms with E-state index in [1.165, 1.54) is 19.2 Å². The zero-order chi connectivity index (χ0) is 20.4. The van der Waals surface area contributed by atoms with Crippen LogP contribution in [0, 0.1) is 0 Å². The minimum atomic E-state index is -0.447. The van der Waals surface area contributed by atoms with Gasteiger partial charge in [0, 0.05) is 5.69 Å². The van der Waals surface area contributed by atoms with Crippen molar-refractivity contribution in [2.75, 3.05) is 12.4 Å². The Morgan fingerprint density at radius 1 is 1.18 bits per heavy atom. The second-order valence-corrected chi connectivity index (χ2v) is 7.70. The van der Waals surface area contributed by atoms with E-state index >= 15 is 0 Å². The molecule has 3 aromatic carbocycles. The van der Waals surface area contributed by atoms with Crippen LogP contribution in [0.1, 0.15) is 10.4 Å². The first kappa shape index (κ1) is 20.7. The van der Waals surface area contributed by atoms with Crippen molar-refractivity contribution in [2.24, 2.45) is 0 Å². The van der Waals surface area contributed by atoms with Crippen LogP contribution < -0.4 is 15.4 Å². The van der Waals surface area contributed by atoms with Crippen molar-refractivity contribution >= 4 is 78.8 Å². The Kier molecular flexibility index (Phi) is 6.30. The Balaban J connectivity index is 1.85. The largest absolute Gasteiger partial charge is 0.505 e. The fourth-order valence-corrected chi connectivity index (χ4v) is 4.06. The molecule has 0 aliphatic carbocycles. The van der Waals surface area contributed by atoms with E-state index in [0.717, 1.165) is 10.8 Å². The van der Waals surface area contributed by atoms with Gasteiger partial charge in [-0.2, -0.15) is 0 Å². The van der Waals surface area contributed by atoms with Gasteiger partial charge < -0.3 is 15.2 Å². The van der Waals surface area contributed by atoms with Gasteiger partial charge in [0.2, 0.25) is 0 Å². The Morgan fingerprint density at radius 3 is 2.46 bits per heavy atom. The predicted molar refractivity (Wildman–Crippen MR) is 120 cm³/mol. The number of hydrogen-bond acceptors (Lipinski definition) is 4. The van der Waals surface area contributed by atoms with Crippen molar-refractivity contribution in [2.45, 2.75) is 0 Å². The normalized spacial score (nSPS) is 10.6. The van der Waals surface area contributed by atoms with E-state index in [0.29, 0.717) is 21.5 Å². The van der Waals surface area contributed by atoms with Gasteiger partial charge in [-0.1, -0.05) is 47.5 Å². The second kappa shape index (κ2) is 8.53. The van der Waals surface area contributed by atoms with Crippen molar-refractivity contribution in [1.29, 1.82) is 0 Å². The molecule has 0 spiro atoms. The van der Waals surface area contributed by atoms with Gasteiger partial charge in [0.1, 0.15) is 5.75 Å². The van der Waals surface area contributed by atoms with Gasteiger partial charge >= 0.3 is 0 Å². The number of carbonyl (C=O) groups is 1. The zero-order valence-corrected chi connectivity index (χ0v) is 18.3. The molecule has 144 valence electrons. The first-order valence-electron chi connectivity index (χ1n) is 7.87. The number of phenols is 1. The quantitative estimate of drug-likeness (QED) is 0.316. The van der Waals surface area contributed by atoms with E-state index < -0.39 is 5.91 Å². The number of carbonyl (C=O) groups excluding carboxylic acids is 1. The molecule has 0 saturated carbocycles. The maximum Gasteiger partial charge on any atom is 0.261 e. The standard InChI is InChI=1S/C19H13BrCl2N2O3S/c1-27-17-12(6-9-4-2-3-5-11(9)15(17)20)18(26)24-19(28)23-10-7-13(21)16(25)14(22)8-10/h2-8,25H,1H3,(H2,23,24,26,28). The van der Waals surface area contributed by atoms with E-state index in [4.69, 9.17) is 40.2 Å². The molecule has 3 N–H and O–H groups in total. The number of anilines is 1. The highest BCUT2D eigenvalue weighted by atomic mass is 79.9. The SMILES string of the molecule is COc1c(C(=O)NC(=S)Nc2cc(Cl)c(O)c(Cl)c2)cc2ccccc2c1Br. The molecule has 0 aliphatic heterocycles. The summed E-state index contributed by atoms with van der Waals surface area (Å²) >= 11 is 20.5. The molecule has 0 atom stereocenters. The van der Waals surface area contributed by atoms with Crippen LogP contribution in [0.4, 0.5) is 5.69 Å². The first-order valence-corrected chi connectivity index (χ1v) is 9.83. The molecule has 5 nitrogen and oxygen atoms in total. The Morgan fingerprint density at radius 2 is 1.82 bits per heavy atom. The van der Waals surface area contributed by atoms with Crippen LogP contribution in [0.3, 0.4) is 0 Å². The van der Waals surface area contributed by atoms with Crippen LogP contribution >= 0.6 is 51.3 Å². The molecule has 0 aromatic heterocycles. The molecule has 28 heavy (non-hydrogen) atoms. The van der Waals surface area contributed by atoms with Crippen LogP contribution in [0.25, 0.3) is 10.8 Å². The fraction of sp³-hybridized carbons (Fsp3) is 0.0526. The van der Waals surface area contributed by atoms with Gasteiger partial charge in [0.05, 0.1) is 27.2 Å². The van der Waals surface area contributed by atoms with Gasteiger partial charge in [-0.3, -0.25) is 10.1 Å². The number of aromatic hydroxyl groups is 1. The second-order valence-electron chi connectivity index (χ2n) is 5.69. The summed E-state index contributed by atoms with van der Waals surface area (Å²) in [6.07, 6.45) is 0. The Bertz CT molecular complexity index is 1080. The molecular weight excluding hydrogens is 487 g/mol. The van der Waals surface area contributed by atoms with Gasteiger partial charge in [0.25, 0.3) is 5.91 Å². The third-order valence-electron chi connectivity index (χ3n) is 3.89. The number of phenolic OH excluding ortho intramolecular Hbond substituents is 1. The monoisotopic (exact) mass is 498 g/mol. The number of ether oxygens (including phenoxy) is 1. The lowest BCUT2D eigenvalue weighted by atomic mass is 10.1. The number of thiocarbonyl (C=S) groups is 1. The molecule has 3 aromatic rings. The summed E-state index contributed by atoms with van der Waals surface area (Å²) in [5, 5.41) is 17.0. The highest BCUT2D eigenvalue weighted by Gasteiger charge is 2.19. The summed E-state index contributed by atoms with van der Waals surface area (Å²) in [4.78, 5) is 12.8. The Labute approximate surface area is 184 Å². The maximum absolute atomic E-state index is 12.8. The highest BCUT2D eigenvalue weighted by Crippen LogP contribution is 2.37. The summed E-state index contributed by atoms with van der Waals surface area (Å²) in [7, 11) is 1.49. The lowest BCUT2D eigenvalue weighted by Gasteiger charge is -2.15. The number of halogens is 3. The Hall–Kier alpha value is -2.06. The molecule has 9 heteroatoms. The number of nitrogens with one attached hydrogen (secondary N) is 2. The molecule has 0 aliphatic rings. The number of hydrogen-bond donors (Lipinski definition) is 3. The van der Waals surface area contributed by atoms with Crippen LogP contribution in [-0.4, -0.2) is 23.2 Å². The van der Waals surface area contributed by atoms with Crippen molar-refractivity contribution in [3.63, 3.8) is 0 Å². The fourth-order valence-electron chi connectivity index (χ4n) is 2.62. The maximum atomic E-state index is 12.8. The first-order chi connectivity index (χ1) is 13.3. The van der Waals surface area contributed by atoms with Gasteiger partial charge in [0.15, 0.2) is 10.9 Å². The molecule has 1 amide bonds. The van der Waals surface area contributed by atoms with Crippen LogP contribution in [0.15, 0.2) is 46.9 Å². The summed E-state index contributed by atoms with van der Waals surface area (Å²) in [6.45, 7) is 0. The lowest BCUT2D eigenvalue weighted by Crippen LogP contribution is -2.34. The van der Waals surface area contributed by atoms with E-state index in [-0.39, 0.29) is 20.9 Å². The average Bonchev–Trinajstić information content (AvgIpc) is 2.65. The molecule has 0 saturated heterocycles. The van der Waals surface area contributed by atoms with E-state index in [1.807, 2.05) is 24.3 Å². The number of amides is 1. The summed E-state index contributed by atoms with van der Waals surface area (Å²) in [6, 6.07) is 12.2. The molecule has 0 unspecified atom stereocenters. The topological polar surface area (TPSA) is 70.6 Å². The zero-order valence-electron chi connectivity index (χ0n) is 14.3. The molecular formula is C19H13BrCl2N2O3S. The smallest absolute Gasteiger partial charge is 0.261 e. The van der Waals surface area contributed by atoms with Crippen molar-refractivity contribution < 1.29 is 14.6 Å². The number of rotatable bonds is 3. The third kappa shape index (κ3) is 4.17. The number of methoxy groups -OCH3 is 1. The molecule has 3 rings (SSSR count). The predicted octanol–water partition coefficient (Wildman–Crippen LogP) is 5.75. The molecule has 0 radical (unpaired) electrons. The lowest BCUT2D eigenvalue weighted by molar-refractivity contribution is 0.0975. The molecule has 0 bridgehead atoms. The van der Waals surface area contributed by atoms with Crippen LogP contribution in [0.5, 0.6) is 11.5 Å². The number of fused-ring (bicyclic) bond motifs is 1. The van der Waals surface area contributed by atoms with Gasteiger partial charge in [-0.15, -0.1) is 0 Å². The third-order valence-corrected chi connectivity index (χ3v) is 5.46.